The van der Waals surface area contributed by atoms with E-state index >= 15 is 0 Å². The van der Waals surface area contributed by atoms with Crippen LogP contribution in [0, 0.1) is 0 Å². The molecule has 8 heteroatoms. The van der Waals surface area contributed by atoms with Crippen LogP contribution in [0.3, 0.4) is 0 Å². The fraction of sp³-hybridized carbons (Fsp3) is 0.182. The topological polar surface area (TPSA) is 101 Å². The molecular weight excluding hydrogens is 402 g/mol. The number of carbonyl (C=O) groups is 3. The number of benzene rings is 2. The van der Waals surface area contributed by atoms with Gasteiger partial charge in [0.05, 0.1) is 11.4 Å². The molecule has 152 valence electrons. The molecule has 1 atom stereocenters. The SMILES string of the molecule is O=C(CCc1cnoc1-c1ccccc1)Nc1ccc(CC2SC(=O)NC2=O)cc1. The summed E-state index contributed by atoms with van der Waals surface area (Å²) in [6.07, 6.45) is 2.92. The van der Waals surface area contributed by atoms with Gasteiger partial charge in [-0.3, -0.25) is 19.7 Å². The lowest BCUT2D eigenvalue weighted by molar-refractivity contribution is -0.119. The molecule has 4 rings (SSSR count). The van der Waals surface area contributed by atoms with Gasteiger partial charge >= 0.3 is 0 Å². The van der Waals surface area contributed by atoms with E-state index in [0.717, 1.165) is 28.5 Å². The third kappa shape index (κ3) is 4.77. The molecule has 1 aromatic heterocycles. The molecule has 0 radical (unpaired) electrons. The van der Waals surface area contributed by atoms with E-state index in [2.05, 4.69) is 15.8 Å². The Bertz CT molecular complexity index is 1060. The zero-order valence-electron chi connectivity index (χ0n) is 16.0. The molecule has 1 aliphatic rings. The molecule has 1 unspecified atom stereocenters. The number of anilines is 1. The van der Waals surface area contributed by atoms with Crippen molar-refractivity contribution in [2.24, 2.45) is 0 Å². The van der Waals surface area contributed by atoms with E-state index in [1.165, 1.54) is 0 Å². The number of thioether (sulfide) groups is 1. The quantitative estimate of drug-likeness (QED) is 0.602. The summed E-state index contributed by atoms with van der Waals surface area (Å²) in [6, 6.07) is 16.9. The van der Waals surface area contributed by atoms with Crippen molar-refractivity contribution in [3.63, 3.8) is 0 Å². The Hall–Kier alpha value is -3.39. The molecule has 0 saturated carbocycles. The molecule has 2 aromatic carbocycles. The summed E-state index contributed by atoms with van der Waals surface area (Å²) in [5, 5.41) is 8.31. The van der Waals surface area contributed by atoms with Gasteiger partial charge in [-0.25, -0.2) is 0 Å². The Balaban J connectivity index is 1.30. The minimum absolute atomic E-state index is 0.112. The monoisotopic (exact) mass is 421 g/mol. The zero-order chi connectivity index (χ0) is 20.9. The molecule has 7 nitrogen and oxygen atoms in total. The highest BCUT2D eigenvalue weighted by atomic mass is 32.2. The van der Waals surface area contributed by atoms with Crippen molar-refractivity contribution in [3.05, 3.63) is 71.9 Å². The van der Waals surface area contributed by atoms with E-state index in [1.807, 2.05) is 42.5 Å². The fourth-order valence-corrected chi connectivity index (χ4v) is 4.06. The van der Waals surface area contributed by atoms with Gasteiger partial charge < -0.3 is 9.84 Å². The first-order valence-corrected chi connectivity index (χ1v) is 10.4. The van der Waals surface area contributed by atoms with Crippen LogP contribution in [0.4, 0.5) is 10.5 Å². The van der Waals surface area contributed by atoms with Gasteiger partial charge in [-0.05, 0) is 30.5 Å². The molecule has 30 heavy (non-hydrogen) atoms. The van der Waals surface area contributed by atoms with Crippen LogP contribution in [0.25, 0.3) is 11.3 Å². The minimum atomic E-state index is -0.402. The Morgan fingerprint density at radius 3 is 2.57 bits per heavy atom. The summed E-state index contributed by atoms with van der Waals surface area (Å²) < 4.78 is 5.35. The molecule has 2 N–H and O–H groups in total. The van der Waals surface area contributed by atoms with Crippen molar-refractivity contribution >= 4 is 34.5 Å². The number of hydrogen-bond donors (Lipinski definition) is 2. The van der Waals surface area contributed by atoms with Gasteiger partial charge in [-0.2, -0.15) is 0 Å². The van der Waals surface area contributed by atoms with Crippen LogP contribution in [-0.4, -0.2) is 27.5 Å². The van der Waals surface area contributed by atoms with Gasteiger partial charge in [-0.1, -0.05) is 59.4 Å². The third-order valence-electron chi connectivity index (χ3n) is 4.73. The molecule has 2 heterocycles. The standard InChI is InChI=1S/C22H19N3O4S/c26-19(11-8-16-13-23-29-20(16)15-4-2-1-3-5-15)24-17-9-6-14(7-10-17)12-18-21(27)25-22(28)30-18/h1-7,9-10,13,18H,8,11-12H2,(H,24,26)(H,25,27,28). The maximum Gasteiger partial charge on any atom is 0.286 e. The number of hydrogen-bond acceptors (Lipinski definition) is 6. The van der Waals surface area contributed by atoms with Gasteiger partial charge in [0.25, 0.3) is 5.24 Å². The highest BCUT2D eigenvalue weighted by Crippen LogP contribution is 2.25. The number of amides is 3. The van der Waals surface area contributed by atoms with Crippen molar-refractivity contribution in [1.29, 1.82) is 0 Å². The van der Waals surface area contributed by atoms with Crippen molar-refractivity contribution < 1.29 is 18.9 Å². The fourth-order valence-electron chi connectivity index (χ4n) is 3.20. The summed E-state index contributed by atoms with van der Waals surface area (Å²) >= 11 is 1.01. The van der Waals surface area contributed by atoms with E-state index in [4.69, 9.17) is 4.52 Å². The second-order valence-corrected chi connectivity index (χ2v) is 8.05. The maximum absolute atomic E-state index is 12.3. The van der Waals surface area contributed by atoms with Crippen LogP contribution < -0.4 is 10.6 Å². The number of nitrogens with one attached hydrogen (secondary N) is 2. The molecule has 1 aliphatic heterocycles. The highest BCUT2D eigenvalue weighted by Gasteiger charge is 2.31. The van der Waals surface area contributed by atoms with Crippen LogP contribution in [0.2, 0.25) is 0 Å². The number of aryl methyl sites for hydroxylation is 1. The molecule has 0 aliphatic carbocycles. The first-order chi connectivity index (χ1) is 14.6. The lowest BCUT2D eigenvalue weighted by atomic mass is 10.1. The van der Waals surface area contributed by atoms with Crippen LogP contribution in [0.15, 0.2) is 65.3 Å². The van der Waals surface area contributed by atoms with E-state index in [-0.39, 0.29) is 17.1 Å². The van der Waals surface area contributed by atoms with Crippen molar-refractivity contribution in [3.8, 4) is 11.3 Å². The van der Waals surface area contributed by atoms with Crippen LogP contribution in [-0.2, 0) is 22.4 Å². The van der Waals surface area contributed by atoms with Crippen LogP contribution in [0.5, 0.6) is 0 Å². The van der Waals surface area contributed by atoms with Crippen LogP contribution in [0.1, 0.15) is 17.5 Å². The average Bonchev–Trinajstić information content (AvgIpc) is 3.34. The van der Waals surface area contributed by atoms with E-state index in [1.54, 1.807) is 18.3 Å². The minimum Gasteiger partial charge on any atom is -0.356 e. The largest absolute Gasteiger partial charge is 0.356 e. The van der Waals surface area contributed by atoms with Gasteiger partial charge in [-0.15, -0.1) is 0 Å². The second-order valence-electron chi connectivity index (χ2n) is 6.88. The molecule has 3 aromatic rings. The summed E-state index contributed by atoms with van der Waals surface area (Å²) in [6.45, 7) is 0. The lowest BCUT2D eigenvalue weighted by Crippen LogP contribution is -2.25. The number of nitrogens with zero attached hydrogens (tertiary/aromatic N) is 1. The third-order valence-corrected chi connectivity index (χ3v) is 5.71. The predicted molar refractivity (Wildman–Crippen MR) is 114 cm³/mol. The summed E-state index contributed by atoms with van der Waals surface area (Å²) in [5.74, 6) is 0.310. The Labute approximate surface area is 177 Å². The second kappa shape index (κ2) is 8.96. The Kier molecular flexibility index (Phi) is 5.94. The first kappa shape index (κ1) is 19.9. The summed E-state index contributed by atoms with van der Waals surface area (Å²) in [5.41, 5.74) is 3.41. The van der Waals surface area contributed by atoms with E-state index < -0.39 is 5.25 Å². The maximum atomic E-state index is 12.3. The van der Waals surface area contributed by atoms with Crippen molar-refractivity contribution in [1.82, 2.24) is 10.5 Å². The molecule has 1 saturated heterocycles. The first-order valence-electron chi connectivity index (χ1n) is 9.48. The Morgan fingerprint density at radius 1 is 1.10 bits per heavy atom. The number of rotatable bonds is 7. The molecule has 0 bridgehead atoms. The highest BCUT2D eigenvalue weighted by molar-refractivity contribution is 8.15. The van der Waals surface area contributed by atoms with Gasteiger partial charge in [0.1, 0.15) is 0 Å². The van der Waals surface area contributed by atoms with Crippen molar-refractivity contribution in [2.45, 2.75) is 24.5 Å². The van der Waals surface area contributed by atoms with Gasteiger partial charge in [0.2, 0.25) is 11.8 Å². The van der Waals surface area contributed by atoms with Crippen LogP contribution >= 0.6 is 11.8 Å². The number of carbonyl (C=O) groups excluding carboxylic acids is 3. The number of aromatic nitrogens is 1. The number of imide groups is 1. The molecule has 0 spiro atoms. The lowest BCUT2D eigenvalue weighted by Gasteiger charge is -2.08. The summed E-state index contributed by atoms with van der Waals surface area (Å²) in [7, 11) is 0. The Morgan fingerprint density at radius 2 is 1.87 bits per heavy atom. The van der Waals surface area contributed by atoms with Crippen molar-refractivity contribution in [2.75, 3.05) is 5.32 Å². The van der Waals surface area contributed by atoms with Gasteiger partial charge in [0, 0.05) is 23.2 Å². The average molecular weight is 421 g/mol. The molecule has 3 amide bonds. The summed E-state index contributed by atoms with van der Waals surface area (Å²) in [4.78, 5) is 35.3. The smallest absolute Gasteiger partial charge is 0.286 e. The normalized spacial score (nSPS) is 15.8. The zero-order valence-corrected chi connectivity index (χ0v) is 16.8. The molecule has 1 fully saturated rings. The predicted octanol–water partition coefficient (Wildman–Crippen LogP) is 3.81. The van der Waals surface area contributed by atoms with E-state index in [0.29, 0.717) is 30.7 Å². The molecular formula is C22H19N3O4S. The van der Waals surface area contributed by atoms with E-state index in [9.17, 15) is 14.4 Å². The van der Waals surface area contributed by atoms with Gasteiger partial charge in [0.15, 0.2) is 5.76 Å².